The van der Waals surface area contributed by atoms with E-state index < -0.39 is 28.2 Å². The van der Waals surface area contributed by atoms with Crippen molar-refractivity contribution in [2.75, 3.05) is 13.1 Å². The van der Waals surface area contributed by atoms with Gasteiger partial charge in [-0.05, 0) is 43.7 Å². The number of aromatic hydroxyl groups is 1. The van der Waals surface area contributed by atoms with Crippen LogP contribution in [0.4, 0.5) is 5.69 Å². The molecule has 1 fully saturated rings. The van der Waals surface area contributed by atoms with E-state index in [1.165, 1.54) is 12.1 Å². The van der Waals surface area contributed by atoms with Crippen molar-refractivity contribution in [2.45, 2.75) is 44.4 Å². The number of hydrogen-bond donors (Lipinski definition) is 2. The van der Waals surface area contributed by atoms with Gasteiger partial charge in [-0.1, -0.05) is 12.6 Å². The topological polar surface area (TPSA) is 113 Å². The second-order valence-corrected chi connectivity index (χ2v) is 8.17. The van der Waals surface area contributed by atoms with Crippen LogP contribution in [0.5, 0.6) is 5.75 Å². The number of nitrogens with zero attached hydrogens (tertiary/aromatic N) is 2. The maximum Gasteiger partial charge on any atom is 0.310 e. The van der Waals surface area contributed by atoms with Gasteiger partial charge in [0.2, 0.25) is 5.91 Å². The van der Waals surface area contributed by atoms with E-state index in [1.807, 2.05) is 4.90 Å². The van der Waals surface area contributed by atoms with Crippen LogP contribution in [-0.2, 0) is 9.59 Å². The standard InChI is InChI=1S/C22H25N3O5/c1-13-19(22(28)24-10-3-2-4-11-24)20(21-15(23-13)6-5-7-18(21)27)14-8-9-17(26)16(12-14)25(29)30/h8-9,12,19-20,23,26H,1-7,10-11H2. The summed E-state index contributed by atoms with van der Waals surface area (Å²) in [4.78, 5) is 39.0. The zero-order valence-corrected chi connectivity index (χ0v) is 16.7. The number of nitro benzene ring substituents is 1. The molecule has 30 heavy (non-hydrogen) atoms. The van der Waals surface area contributed by atoms with E-state index in [1.54, 1.807) is 6.07 Å². The van der Waals surface area contributed by atoms with Gasteiger partial charge in [0.05, 0.1) is 10.8 Å². The largest absolute Gasteiger partial charge is 0.502 e. The third-order valence-electron chi connectivity index (χ3n) is 6.28. The Labute approximate surface area is 174 Å². The molecule has 3 aliphatic rings. The molecule has 2 atom stereocenters. The quantitative estimate of drug-likeness (QED) is 0.584. The van der Waals surface area contributed by atoms with Gasteiger partial charge in [0.1, 0.15) is 0 Å². The lowest BCUT2D eigenvalue weighted by Gasteiger charge is -2.41. The van der Waals surface area contributed by atoms with Crippen molar-refractivity contribution in [1.82, 2.24) is 10.2 Å². The van der Waals surface area contributed by atoms with Crippen LogP contribution in [0.25, 0.3) is 0 Å². The zero-order chi connectivity index (χ0) is 21.4. The monoisotopic (exact) mass is 411 g/mol. The molecule has 4 rings (SSSR count). The Hall–Kier alpha value is -3.16. The molecule has 158 valence electrons. The number of nitro groups is 1. The number of Topliss-reactive ketones (excluding diaryl/α,β-unsaturated/α-hetero) is 1. The first-order chi connectivity index (χ1) is 14.4. The minimum atomic E-state index is -0.729. The maximum atomic E-state index is 13.5. The van der Waals surface area contributed by atoms with Crippen molar-refractivity contribution in [3.63, 3.8) is 0 Å². The van der Waals surface area contributed by atoms with E-state index in [9.17, 15) is 24.8 Å². The van der Waals surface area contributed by atoms with Crippen LogP contribution in [0.3, 0.4) is 0 Å². The van der Waals surface area contributed by atoms with Crippen molar-refractivity contribution in [3.05, 3.63) is 57.4 Å². The molecule has 2 heterocycles. The number of phenols is 1. The molecule has 0 saturated carbocycles. The van der Waals surface area contributed by atoms with Gasteiger partial charge in [-0.25, -0.2) is 0 Å². The second-order valence-electron chi connectivity index (χ2n) is 8.17. The van der Waals surface area contributed by atoms with Crippen molar-refractivity contribution in [1.29, 1.82) is 0 Å². The van der Waals surface area contributed by atoms with Gasteiger partial charge in [-0.15, -0.1) is 0 Å². The van der Waals surface area contributed by atoms with Gasteiger partial charge in [0.25, 0.3) is 0 Å². The van der Waals surface area contributed by atoms with Gasteiger partial charge < -0.3 is 15.3 Å². The molecule has 8 nitrogen and oxygen atoms in total. The number of piperidine rings is 1. The molecule has 1 aromatic rings. The first-order valence-corrected chi connectivity index (χ1v) is 10.4. The first kappa shape index (κ1) is 20.1. The Morgan fingerprint density at radius 1 is 1.20 bits per heavy atom. The number of amides is 1. The molecule has 0 spiro atoms. The fraction of sp³-hybridized carbons (Fsp3) is 0.455. The number of nitrogens with one attached hydrogen (secondary N) is 1. The summed E-state index contributed by atoms with van der Waals surface area (Å²) in [5, 5.41) is 24.5. The van der Waals surface area contributed by atoms with Gasteiger partial charge in [0.15, 0.2) is 11.5 Å². The maximum absolute atomic E-state index is 13.5. The number of carbonyl (C=O) groups excluding carboxylic acids is 2. The number of allylic oxidation sites excluding steroid dienone is 2. The summed E-state index contributed by atoms with van der Waals surface area (Å²) < 4.78 is 0. The molecule has 8 heteroatoms. The van der Waals surface area contributed by atoms with E-state index in [4.69, 9.17) is 0 Å². The minimum absolute atomic E-state index is 0.0478. The van der Waals surface area contributed by atoms with Crippen molar-refractivity contribution >= 4 is 17.4 Å². The summed E-state index contributed by atoms with van der Waals surface area (Å²) in [6, 6.07) is 4.10. The van der Waals surface area contributed by atoms with Crippen molar-refractivity contribution in [2.24, 2.45) is 5.92 Å². The number of ketones is 1. The highest BCUT2D eigenvalue weighted by Gasteiger charge is 2.44. The normalized spacial score (nSPS) is 24.3. The lowest BCUT2D eigenvalue weighted by Crippen LogP contribution is -2.47. The summed E-state index contributed by atoms with van der Waals surface area (Å²) in [5.41, 5.74) is 1.81. The Morgan fingerprint density at radius 2 is 1.93 bits per heavy atom. The van der Waals surface area contributed by atoms with Crippen LogP contribution in [0, 0.1) is 16.0 Å². The summed E-state index contributed by atoms with van der Waals surface area (Å²) in [5.74, 6) is -1.99. The highest BCUT2D eigenvalue weighted by atomic mass is 16.6. The predicted octanol–water partition coefficient (Wildman–Crippen LogP) is 3.14. The molecule has 0 aromatic heterocycles. The second kappa shape index (κ2) is 7.93. The summed E-state index contributed by atoms with van der Waals surface area (Å²) in [6.45, 7) is 5.41. The van der Waals surface area contributed by atoms with Gasteiger partial charge in [-0.2, -0.15) is 0 Å². The molecule has 0 bridgehead atoms. The van der Waals surface area contributed by atoms with Crippen LogP contribution in [-0.4, -0.2) is 39.7 Å². The Balaban J connectivity index is 1.84. The van der Waals surface area contributed by atoms with E-state index in [0.717, 1.165) is 25.0 Å². The van der Waals surface area contributed by atoms with Gasteiger partial charge >= 0.3 is 5.69 Å². The summed E-state index contributed by atoms with van der Waals surface area (Å²) >= 11 is 0. The van der Waals surface area contributed by atoms with Gasteiger partial charge in [-0.3, -0.25) is 19.7 Å². The summed E-state index contributed by atoms with van der Waals surface area (Å²) in [6.07, 6.45) is 4.71. The smallest absolute Gasteiger partial charge is 0.310 e. The molecule has 2 N–H and O–H groups in total. The van der Waals surface area contributed by atoms with Crippen LogP contribution in [0.2, 0.25) is 0 Å². The van der Waals surface area contributed by atoms with E-state index in [0.29, 0.717) is 49.2 Å². The van der Waals surface area contributed by atoms with E-state index in [-0.39, 0.29) is 11.7 Å². The van der Waals surface area contributed by atoms with Gasteiger partial charge in [0, 0.05) is 48.5 Å². The first-order valence-electron chi connectivity index (χ1n) is 10.4. The number of rotatable bonds is 3. The Morgan fingerprint density at radius 3 is 2.63 bits per heavy atom. The SMILES string of the molecule is C=C1NC2=C(C(=O)CCC2)C(c2ccc(O)c([N+](=O)[O-])c2)C1C(=O)N1CCCCC1. The lowest BCUT2D eigenvalue weighted by molar-refractivity contribution is -0.385. The Kier molecular flexibility index (Phi) is 5.32. The average molecular weight is 411 g/mol. The molecule has 1 amide bonds. The number of likely N-dealkylation sites (tertiary alicyclic amines) is 1. The molecule has 1 saturated heterocycles. The van der Waals surface area contributed by atoms with Crippen LogP contribution >= 0.6 is 0 Å². The molecule has 1 aromatic carbocycles. The Bertz CT molecular complexity index is 962. The fourth-order valence-electron chi connectivity index (χ4n) is 4.84. The van der Waals surface area contributed by atoms with E-state index in [2.05, 4.69) is 11.9 Å². The minimum Gasteiger partial charge on any atom is -0.502 e. The third kappa shape index (κ3) is 3.46. The van der Waals surface area contributed by atoms with Crippen LogP contribution in [0.15, 0.2) is 41.7 Å². The molecule has 2 unspecified atom stereocenters. The van der Waals surface area contributed by atoms with Crippen LogP contribution in [0.1, 0.15) is 50.0 Å². The highest BCUT2D eigenvalue weighted by Crippen LogP contribution is 2.46. The summed E-state index contributed by atoms with van der Waals surface area (Å²) in [7, 11) is 0. The van der Waals surface area contributed by atoms with Crippen LogP contribution < -0.4 is 5.32 Å². The van der Waals surface area contributed by atoms with Crippen molar-refractivity contribution in [3.8, 4) is 5.75 Å². The third-order valence-corrected chi connectivity index (χ3v) is 6.28. The lowest BCUT2D eigenvalue weighted by atomic mass is 9.71. The average Bonchev–Trinajstić information content (AvgIpc) is 2.73. The molecule has 1 aliphatic carbocycles. The zero-order valence-electron chi connectivity index (χ0n) is 16.7. The number of phenolic OH excluding ortho intramolecular Hbond substituents is 1. The molecular weight excluding hydrogens is 386 g/mol. The highest BCUT2D eigenvalue weighted by molar-refractivity contribution is 6.00. The number of carbonyl (C=O) groups is 2. The predicted molar refractivity (Wildman–Crippen MR) is 110 cm³/mol. The van der Waals surface area contributed by atoms with E-state index >= 15 is 0 Å². The fourth-order valence-corrected chi connectivity index (χ4v) is 4.84. The molecular formula is C22H25N3O5. The van der Waals surface area contributed by atoms with Crippen molar-refractivity contribution < 1.29 is 19.6 Å². The molecule has 0 radical (unpaired) electrons. The number of benzene rings is 1. The molecule has 2 aliphatic heterocycles. The number of hydrogen-bond acceptors (Lipinski definition) is 6.